The van der Waals surface area contributed by atoms with Crippen LogP contribution in [0, 0.1) is 20.8 Å². The highest BCUT2D eigenvalue weighted by atomic mass is 35.5. The van der Waals surface area contributed by atoms with Crippen molar-refractivity contribution < 1.29 is 13.2 Å². The molecule has 0 aliphatic carbocycles. The van der Waals surface area contributed by atoms with Crippen molar-refractivity contribution in [3.8, 4) is 5.75 Å². The molecule has 4 nitrogen and oxygen atoms in total. The van der Waals surface area contributed by atoms with E-state index in [-0.39, 0.29) is 4.90 Å². The normalized spacial score (nSPS) is 11.3. The molecule has 0 aliphatic heterocycles. The minimum Gasteiger partial charge on any atom is -0.494 e. The number of nitrogens with one attached hydrogen (secondary N) is 1. The number of aryl methyl sites for hydroxylation is 1. The van der Waals surface area contributed by atoms with Crippen LogP contribution in [-0.2, 0) is 10.0 Å². The molecule has 2 aromatic carbocycles. The van der Waals surface area contributed by atoms with Crippen LogP contribution in [0.1, 0.15) is 23.6 Å². The van der Waals surface area contributed by atoms with Gasteiger partial charge in [0.15, 0.2) is 0 Å². The van der Waals surface area contributed by atoms with Crippen molar-refractivity contribution in [2.45, 2.75) is 32.6 Å². The molecule has 0 saturated carbocycles. The number of hydrogen-bond donors (Lipinski definition) is 1. The zero-order valence-corrected chi connectivity index (χ0v) is 15.2. The van der Waals surface area contributed by atoms with Gasteiger partial charge in [0.25, 0.3) is 10.0 Å². The SMILES string of the molecule is CCOc1ccc(S(=O)(=O)Nc2ccc(C)c(Cl)c2)c(C)c1C. The fraction of sp³-hybridized carbons (Fsp3) is 0.294. The average molecular weight is 354 g/mol. The topological polar surface area (TPSA) is 55.4 Å². The van der Waals surface area contributed by atoms with E-state index in [9.17, 15) is 8.42 Å². The maximum Gasteiger partial charge on any atom is 0.262 e. The first-order valence-corrected chi connectivity index (χ1v) is 9.14. The number of halogens is 1. The van der Waals surface area contributed by atoms with E-state index in [4.69, 9.17) is 16.3 Å². The van der Waals surface area contributed by atoms with Gasteiger partial charge in [-0.25, -0.2) is 8.42 Å². The molecule has 124 valence electrons. The minimum absolute atomic E-state index is 0.232. The van der Waals surface area contributed by atoms with Crippen LogP contribution in [0.5, 0.6) is 5.75 Å². The molecule has 6 heteroatoms. The molecule has 0 atom stereocenters. The van der Waals surface area contributed by atoms with E-state index in [1.54, 1.807) is 37.3 Å². The van der Waals surface area contributed by atoms with Gasteiger partial charge in [0, 0.05) is 5.02 Å². The lowest BCUT2D eigenvalue weighted by Gasteiger charge is -2.15. The van der Waals surface area contributed by atoms with Crippen molar-refractivity contribution in [1.29, 1.82) is 0 Å². The van der Waals surface area contributed by atoms with Crippen molar-refractivity contribution in [3.05, 3.63) is 52.0 Å². The Hall–Kier alpha value is -1.72. The monoisotopic (exact) mass is 353 g/mol. The standard InChI is InChI=1S/C17H20ClNO3S/c1-5-22-16-8-9-17(13(4)12(16)3)23(20,21)19-14-7-6-11(2)15(18)10-14/h6-10,19H,5H2,1-4H3. The highest BCUT2D eigenvalue weighted by Gasteiger charge is 2.20. The van der Waals surface area contributed by atoms with Crippen LogP contribution in [0.4, 0.5) is 5.69 Å². The molecule has 0 unspecified atom stereocenters. The minimum atomic E-state index is -3.69. The summed E-state index contributed by atoms with van der Waals surface area (Å²) in [5.41, 5.74) is 2.81. The lowest BCUT2D eigenvalue weighted by Crippen LogP contribution is -2.15. The van der Waals surface area contributed by atoms with Gasteiger partial charge in [0.2, 0.25) is 0 Å². The maximum atomic E-state index is 12.6. The van der Waals surface area contributed by atoms with Crippen molar-refractivity contribution in [2.24, 2.45) is 0 Å². The number of ether oxygens (including phenoxy) is 1. The first-order chi connectivity index (χ1) is 10.8. The number of sulfonamides is 1. The molecule has 2 rings (SSSR count). The highest BCUT2D eigenvalue weighted by Crippen LogP contribution is 2.29. The van der Waals surface area contributed by atoms with E-state index >= 15 is 0 Å². The predicted molar refractivity (Wildman–Crippen MR) is 94.1 cm³/mol. The first kappa shape index (κ1) is 17.6. The van der Waals surface area contributed by atoms with Gasteiger partial charge in [-0.1, -0.05) is 17.7 Å². The van der Waals surface area contributed by atoms with Gasteiger partial charge in [-0.05, 0) is 68.7 Å². The van der Waals surface area contributed by atoms with E-state index in [2.05, 4.69) is 4.72 Å². The Bertz CT molecular complexity index is 832. The van der Waals surface area contributed by atoms with Crippen LogP contribution < -0.4 is 9.46 Å². The summed E-state index contributed by atoms with van der Waals surface area (Å²) in [4.78, 5) is 0.232. The highest BCUT2D eigenvalue weighted by molar-refractivity contribution is 7.92. The summed E-state index contributed by atoms with van der Waals surface area (Å²) >= 11 is 6.05. The van der Waals surface area contributed by atoms with E-state index in [1.807, 2.05) is 20.8 Å². The molecule has 2 aromatic rings. The molecule has 0 radical (unpaired) electrons. The Morgan fingerprint density at radius 1 is 1.09 bits per heavy atom. The zero-order chi connectivity index (χ0) is 17.2. The van der Waals surface area contributed by atoms with Gasteiger partial charge in [-0.2, -0.15) is 0 Å². The predicted octanol–water partition coefficient (Wildman–Crippen LogP) is 4.46. The van der Waals surface area contributed by atoms with Gasteiger partial charge in [0.1, 0.15) is 5.75 Å². The first-order valence-electron chi connectivity index (χ1n) is 7.28. The summed E-state index contributed by atoms with van der Waals surface area (Å²) in [5, 5.41) is 0.518. The van der Waals surface area contributed by atoms with Crippen molar-refractivity contribution >= 4 is 27.3 Å². The smallest absolute Gasteiger partial charge is 0.262 e. The number of hydrogen-bond acceptors (Lipinski definition) is 3. The fourth-order valence-electron chi connectivity index (χ4n) is 2.24. The summed E-state index contributed by atoms with van der Waals surface area (Å²) in [5.74, 6) is 0.697. The van der Waals surface area contributed by atoms with Crippen LogP contribution >= 0.6 is 11.6 Å². The molecule has 0 spiro atoms. The molecule has 0 heterocycles. The van der Waals surface area contributed by atoms with Crippen molar-refractivity contribution in [2.75, 3.05) is 11.3 Å². The Kier molecular flexibility index (Phi) is 5.22. The van der Waals surface area contributed by atoms with Crippen LogP contribution in [0.2, 0.25) is 5.02 Å². The zero-order valence-electron chi connectivity index (χ0n) is 13.6. The van der Waals surface area contributed by atoms with Gasteiger partial charge < -0.3 is 4.74 Å². The molecule has 0 aromatic heterocycles. The summed E-state index contributed by atoms with van der Waals surface area (Å²) in [6.07, 6.45) is 0. The Morgan fingerprint density at radius 2 is 1.78 bits per heavy atom. The summed E-state index contributed by atoms with van der Waals surface area (Å²) < 4.78 is 33.4. The van der Waals surface area contributed by atoms with Crippen molar-refractivity contribution in [3.63, 3.8) is 0 Å². The van der Waals surface area contributed by atoms with Crippen LogP contribution in [0.25, 0.3) is 0 Å². The number of anilines is 1. The molecule has 0 bridgehead atoms. The third kappa shape index (κ3) is 3.79. The third-order valence-electron chi connectivity index (χ3n) is 3.70. The molecule has 1 N–H and O–H groups in total. The van der Waals surface area contributed by atoms with Crippen molar-refractivity contribution in [1.82, 2.24) is 0 Å². The second-order valence-corrected chi connectivity index (χ2v) is 7.37. The molecule has 0 saturated heterocycles. The van der Waals surface area contributed by atoms with Crippen LogP contribution in [0.3, 0.4) is 0 Å². The van der Waals surface area contributed by atoms with Crippen LogP contribution in [0.15, 0.2) is 35.2 Å². The molecule has 0 fully saturated rings. The number of benzene rings is 2. The van der Waals surface area contributed by atoms with Gasteiger partial charge >= 0.3 is 0 Å². The molecule has 0 aliphatic rings. The Balaban J connectivity index is 2.39. The molecule has 23 heavy (non-hydrogen) atoms. The number of rotatable bonds is 5. The summed E-state index contributed by atoms with van der Waals surface area (Å²) in [6, 6.07) is 8.31. The quantitative estimate of drug-likeness (QED) is 0.863. The Labute approximate surface area is 142 Å². The molecule has 0 amide bonds. The average Bonchev–Trinajstić information content (AvgIpc) is 2.47. The van der Waals surface area contributed by atoms with Gasteiger partial charge in [0.05, 0.1) is 17.2 Å². The fourth-order valence-corrected chi connectivity index (χ4v) is 3.77. The third-order valence-corrected chi connectivity index (χ3v) is 5.63. The van der Waals surface area contributed by atoms with E-state index in [0.29, 0.717) is 28.6 Å². The molecular formula is C17H20ClNO3S. The lowest BCUT2D eigenvalue weighted by atomic mass is 10.1. The van der Waals surface area contributed by atoms with E-state index in [0.717, 1.165) is 11.1 Å². The summed E-state index contributed by atoms with van der Waals surface area (Å²) in [6.45, 7) is 7.91. The van der Waals surface area contributed by atoms with E-state index in [1.165, 1.54) is 0 Å². The maximum absolute atomic E-state index is 12.6. The largest absolute Gasteiger partial charge is 0.494 e. The summed E-state index contributed by atoms with van der Waals surface area (Å²) in [7, 11) is -3.69. The van der Waals surface area contributed by atoms with Gasteiger partial charge in [-0.15, -0.1) is 0 Å². The lowest BCUT2D eigenvalue weighted by molar-refractivity contribution is 0.337. The Morgan fingerprint density at radius 3 is 2.39 bits per heavy atom. The second-order valence-electron chi connectivity index (χ2n) is 5.31. The van der Waals surface area contributed by atoms with Crippen LogP contribution in [-0.4, -0.2) is 15.0 Å². The second kappa shape index (κ2) is 6.81. The van der Waals surface area contributed by atoms with E-state index < -0.39 is 10.0 Å². The molecular weight excluding hydrogens is 334 g/mol. The van der Waals surface area contributed by atoms with Gasteiger partial charge in [-0.3, -0.25) is 4.72 Å².